The van der Waals surface area contributed by atoms with Crippen LogP contribution < -0.4 is 5.73 Å². The molecule has 102 valence electrons. The van der Waals surface area contributed by atoms with E-state index in [1.54, 1.807) is 0 Å². The number of thiophene rings is 1. The number of likely N-dealkylation sites (tertiary alicyclic amines) is 1. The fourth-order valence-electron chi connectivity index (χ4n) is 3.06. The number of fused-ring (bicyclic) bond motifs is 1. The van der Waals surface area contributed by atoms with Gasteiger partial charge in [0.2, 0.25) is 0 Å². The first kappa shape index (κ1) is 13.1. The minimum atomic E-state index is 0.321. The van der Waals surface area contributed by atoms with Crippen LogP contribution in [0.2, 0.25) is 0 Å². The summed E-state index contributed by atoms with van der Waals surface area (Å²) in [7, 11) is 0. The van der Waals surface area contributed by atoms with Crippen molar-refractivity contribution in [1.82, 2.24) is 4.90 Å². The van der Waals surface area contributed by atoms with Crippen LogP contribution in [0, 0.1) is 5.92 Å². The summed E-state index contributed by atoms with van der Waals surface area (Å²) in [5.74, 6) is 0.665. The van der Waals surface area contributed by atoms with E-state index in [1.165, 1.54) is 35.0 Å². The van der Waals surface area contributed by atoms with Gasteiger partial charge in [0.05, 0.1) is 0 Å². The third-order valence-electron chi connectivity index (χ3n) is 4.24. The lowest BCUT2D eigenvalue weighted by atomic mass is 9.92. The Bertz CT molecular complexity index is 546. The molecule has 1 fully saturated rings. The quantitative estimate of drug-likeness (QED) is 0.928. The minimum absolute atomic E-state index is 0.321. The number of piperidine rings is 1. The lowest BCUT2D eigenvalue weighted by Crippen LogP contribution is -2.41. The largest absolute Gasteiger partial charge is 0.328 e. The molecule has 2 N–H and O–H groups in total. The van der Waals surface area contributed by atoms with E-state index in [4.69, 9.17) is 5.73 Å². The standard InChI is InChI=1S/C16H22N2S/c1-12(17)13-5-4-8-18(9-13)10-14-11-19-16-7-3-2-6-15(14)16/h2-3,6-7,11-13H,4-5,8-10,17H2,1H3. The molecule has 3 rings (SSSR count). The first-order valence-electron chi connectivity index (χ1n) is 7.17. The van der Waals surface area contributed by atoms with Crippen molar-refractivity contribution in [2.24, 2.45) is 11.7 Å². The third kappa shape index (κ3) is 2.83. The Hall–Kier alpha value is -0.900. The molecule has 3 heteroatoms. The van der Waals surface area contributed by atoms with Crippen LogP contribution in [0.3, 0.4) is 0 Å². The highest BCUT2D eigenvalue weighted by molar-refractivity contribution is 7.17. The van der Waals surface area contributed by atoms with Crippen molar-refractivity contribution < 1.29 is 0 Å². The molecule has 1 aliphatic heterocycles. The first-order chi connectivity index (χ1) is 9.24. The van der Waals surface area contributed by atoms with E-state index in [9.17, 15) is 0 Å². The zero-order chi connectivity index (χ0) is 13.2. The minimum Gasteiger partial charge on any atom is -0.328 e. The van der Waals surface area contributed by atoms with Gasteiger partial charge in [0.25, 0.3) is 0 Å². The van der Waals surface area contributed by atoms with E-state index in [0.717, 1.165) is 13.1 Å². The third-order valence-corrected chi connectivity index (χ3v) is 5.25. The van der Waals surface area contributed by atoms with Crippen molar-refractivity contribution in [3.8, 4) is 0 Å². The molecule has 2 aromatic rings. The maximum atomic E-state index is 6.07. The molecule has 0 saturated carbocycles. The highest BCUT2D eigenvalue weighted by Gasteiger charge is 2.23. The Labute approximate surface area is 119 Å². The van der Waals surface area contributed by atoms with Crippen LogP contribution in [0.25, 0.3) is 10.1 Å². The van der Waals surface area contributed by atoms with Crippen LogP contribution in [-0.2, 0) is 6.54 Å². The Balaban J connectivity index is 1.74. The molecule has 1 aromatic carbocycles. The SMILES string of the molecule is CC(N)C1CCCN(Cc2csc3ccccc23)C1. The molecule has 19 heavy (non-hydrogen) atoms. The predicted molar refractivity (Wildman–Crippen MR) is 83.5 cm³/mol. The summed E-state index contributed by atoms with van der Waals surface area (Å²) in [6, 6.07) is 9.04. The van der Waals surface area contributed by atoms with Crippen molar-refractivity contribution in [1.29, 1.82) is 0 Å². The van der Waals surface area contributed by atoms with E-state index in [-0.39, 0.29) is 0 Å². The van der Waals surface area contributed by atoms with Crippen LogP contribution in [0.15, 0.2) is 29.6 Å². The second-order valence-corrected chi connectivity index (χ2v) is 6.66. The van der Waals surface area contributed by atoms with Crippen LogP contribution in [-0.4, -0.2) is 24.0 Å². The summed E-state index contributed by atoms with van der Waals surface area (Å²) in [6.07, 6.45) is 2.58. The zero-order valence-corrected chi connectivity index (χ0v) is 12.3. The van der Waals surface area contributed by atoms with Gasteiger partial charge in [-0.1, -0.05) is 18.2 Å². The summed E-state index contributed by atoms with van der Waals surface area (Å²) in [5.41, 5.74) is 7.55. The maximum absolute atomic E-state index is 6.07. The molecule has 0 bridgehead atoms. The molecular weight excluding hydrogens is 252 g/mol. The van der Waals surface area contributed by atoms with Crippen LogP contribution in [0.1, 0.15) is 25.3 Å². The summed E-state index contributed by atoms with van der Waals surface area (Å²) in [4.78, 5) is 2.58. The monoisotopic (exact) mass is 274 g/mol. The van der Waals surface area contributed by atoms with Crippen LogP contribution >= 0.6 is 11.3 Å². The highest BCUT2D eigenvalue weighted by atomic mass is 32.1. The van der Waals surface area contributed by atoms with Gasteiger partial charge in [-0.3, -0.25) is 4.90 Å². The topological polar surface area (TPSA) is 29.3 Å². The summed E-state index contributed by atoms with van der Waals surface area (Å²) >= 11 is 1.86. The maximum Gasteiger partial charge on any atom is 0.0346 e. The second-order valence-electron chi connectivity index (χ2n) is 5.75. The average molecular weight is 274 g/mol. The van der Waals surface area contributed by atoms with Crippen molar-refractivity contribution >= 4 is 21.4 Å². The normalized spacial score (nSPS) is 22.7. The van der Waals surface area contributed by atoms with Crippen molar-refractivity contribution in [3.63, 3.8) is 0 Å². The number of rotatable bonds is 3. The molecule has 1 aromatic heterocycles. The highest BCUT2D eigenvalue weighted by Crippen LogP contribution is 2.28. The smallest absolute Gasteiger partial charge is 0.0346 e. The van der Waals surface area contributed by atoms with Gasteiger partial charge >= 0.3 is 0 Å². The Morgan fingerprint density at radius 3 is 3.11 bits per heavy atom. The van der Waals surface area contributed by atoms with Crippen molar-refractivity contribution in [3.05, 3.63) is 35.2 Å². The van der Waals surface area contributed by atoms with Gasteiger partial charge < -0.3 is 5.73 Å². The number of hydrogen-bond acceptors (Lipinski definition) is 3. The molecule has 0 amide bonds. The van der Waals surface area contributed by atoms with Gasteiger partial charge in [0.15, 0.2) is 0 Å². The molecule has 1 aliphatic rings. The molecule has 2 atom stereocenters. The molecule has 0 radical (unpaired) electrons. The molecule has 0 spiro atoms. The molecule has 2 unspecified atom stereocenters. The van der Waals surface area contributed by atoms with Gasteiger partial charge in [0, 0.05) is 23.8 Å². The summed E-state index contributed by atoms with van der Waals surface area (Å²) in [5, 5.41) is 3.75. The fourth-order valence-corrected chi connectivity index (χ4v) is 4.01. The molecule has 1 saturated heterocycles. The number of hydrogen-bond donors (Lipinski definition) is 1. The lowest BCUT2D eigenvalue weighted by Gasteiger charge is -2.34. The molecule has 2 nitrogen and oxygen atoms in total. The van der Waals surface area contributed by atoms with Gasteiger partial charge in [0.1, 0.15) is 0 Å². The van der Waals surface area contributed by atoms with Gasteiger partial charge in [-0.05, 0) is 54.6 Å². The van der Waals surface area contributed by atoms with Gasteiger partial charge in [-0.25, -0.2) is 0 Å². The van der Waals surface area contributed by atoms with E-state index < -0.39 is 0 Å². The van der Waals surface area contributed by atoms with E-state index in [1.807, 2.05) is 11.3 Å². The number of benzene rings is 1. The number of nitrogens with two attached hydrogens (primary N) is 1. The second kappa shape index (κ2) is 5.61. The average Bonchev–Trinajstić information content (AvgIpc) is 2.83. The first-order valence-corrected chi connectivity index (χ1v) is 8.05. The van der Waals surface area contributed by atoms with E-state index in [0.29, 0.717) is 12.0 Å². The van der Waals surface area contributed by atoms with Crippen LogP contribution in [0.5, 0.6) is 0 Å². The van der Waals surface area contributed by atoms with Crippen molar-refractivity contribution in [2.45, 2.75) is 32.4 Å². The lowest BCUT2D eigenvalue weighted by molar-refractivity contribution is 0.155. The van der Waals surface area contributed by atoms with E-state index in [2.05, 4.69) is 41.5 Å². The Kier molecular flexibility index (Phi) is 3.87. The molecular formula is C16H22N2S. The number of nitrogens with zero attached hydrogens (tertiary/aromatic N) is 1. The van der Waals surface area contributed by atoms with E-state index >= 15 is 0 Å². The Morgan fingerprint density at radius 2 is 2.26 bits per heavy atom. The molecule has 2 heterocycles. The van der Waals surface area contributed by atoms with Crippen LogP contribution in [0.4, 0.5) is 0 Å². The Morgan fingerprint density at radius 1 is 1.42 bits per heavy atom. The predicted octanol–water partition coefficient (Wildman–Crippen LogP) is 3.46. The zero-order valence-electron chi connectivity index (χ0n) is 11.5. The summed E-state index contributed by atoms with van der Waals surface area (Å²) in [6.45, 7) is 5.59. The fraction of sp³-hybridized carbons (Fsp3) is 0.500. The molecule has 0 aliphatic carbocycles. The van der Waals surface area contributed by atoms with Gasteiger partial charge in [-0.15, -0.1) is 11.3 Å². The van der Waals surface area contributed by atoms with Crippen molar-refractivity contribution in [2.75, 3.05) is 13.1 Å². The summed E-state index contributed by atoms with van der Waals surface area (Å²) < 4.78 is 1.40. The van der Waals surface area contributed by atoms with Gasteiger partial charge in [-0.2, -0.15) is 0 Å².